The predicted octanol–water partition coefficient (Wildman–Crippen LogP) is 0.883. The number of carbonyl (C=O) groups excluding carboxylic acids is 1. The third-order valence-corrected chi connectivity index (χ3v) is 3.71. The number of amides is 1. The average Bonchev–Trinajstić information content (AvgIpc) is 3.08. The van der Waals surface area contributed by atoms with Crippen molar-refractivity contribution in [3.8, 4) is 5.82 Å². The Bertz CT molecular complexity index is 590. The molecule has 0 aliphatic carbocycles. The van der Waals surface area contributed by atoms with Crippen LogP contribution in [0.1, 0.15) is 18.4 Å². The number of piperidine rings is 1. The van der Waals surface area contributed by atoms with E-state index in [4.69, 9.17) is 0 Å². The summed E-state index contributed by atoms with van der Waals surface area (Å²) in [6.45, 7) is 2.32. The van der Waals surface area contributed by atoms with E-state index in [1.807, 2.05) is 22.9 Å². The highest BCUT2D eigenvalue weighted by Crippen LogP contribution is 2.11. The zero-order valence-corrected chi connectivity index (χ0v) is 11.8. The highest BCUT2D eigenvalue weighted by molar-refractivity contribution is 5.78. The Kier molecular flexibility index (Phi) is 4.25. The molecule has 0 aromatic carbocycles. The molecule has 0 spiro atoms. The third kappa shape index (κ3) is 3.46. The van der Waals surface area contributed by atoms with Crippen LogP contribution >= 0.6 is 0 Å². The molecule has 110 valence electrons. The van der Waals surface area contributed by atoms with Gasteiger partial charge < -0.3 is 10.6 Å². The predicted molar refractivity (Wildman–Crippen MR) is 78.8 cm³/mol. The fourth-order valence-corrected chi connectivity index (χ4v) is 2.52. The van der Waals surface area contributed by atoms with E-state index in [1.165, 1.54) is 0 Å². The largest absolute Gasteiger partial charge is 0.352 e. The fraction of sp³-hybridized carbons (Fsp3) is 0.400. The lowest BCUT2D eigenvalue weighted by atomic mass is 9.99. The van der Waals surface area contributed by atoms with Crippen LogP contribution in [0, 0.1) is 5.92 Å². The minimum Gasteiger partial charge on any atom is -0.352 e. The minimum absolute atomic E-state index is 0.0914. The maximum absolute atomic E-state index is 12.1. The highest BCUT2D eigenvalue weighted by Gasteiger charge is 2.20. The van der Waals surface area contributed by atoms with Gasteiger partial charge >= 0.3 is 0 Å². The Morgan fingerprint density at radius 2 is 2.43 bits per heavy atom. The molecule has 1 atom stereocenters. The lowest BCUT2D eigenvalue weighted by molar-refractivity contribution is -0.125. The molecule has 1 unspecified atom stereocenters. The number of nitrogens with one attached hydrogen (secondary N) is 2. The van der Waals surface area contributed by atoms with Gasteiger partial charge in [0.2, 0.25) is 5.91 Å². The molecule has 1 fully saturated rings. The number of pyridine rings is 1. The Morgan fingerprint density at radius 1 is 1.48 bits per heavy atom. The molecular formula is C15H19N5O. The van der Waals surface area contributed by atoms with Crippen molar-refractivity contribution >= 4 is 5.91 Å². The van der Waals surface area contributed by atoms with Gasteiger partial charge in [0.1, 0.15) is 12.1 Å². The second-order valence-corrected chi connectivity index (χ2v) is 5.25. The van der Waals surface area contributed by atoms with E-state index < -0.39 is 0 Å². The van der Waals surface area contributed by atoms with Crippen LogP contribution in [-0.2, 0) is 11.3 Å². The van der Waals surface area contributed by atoms with E-state index in [1.54, 1.807) is 18.7 Å². The summed E-state index contributed by atoms with van der Waals surface area (Å²) in [6, 6.07) is 3.88. The quantitative estimate of drug-likeness (QED) is 0.875. The van der Waals surface area contributed by atoms with Gasteiger partial charge in [-0.2, -0.15) is 0 Å². The third-order valence-electron chi connectivity index (χ3n) is 3.71. The molecule has 0 saturated carbocycles. The van der Waals surface area contributed by atoms with Gasteiger partial charge in [0.25, 0.3) is 0 Å². The topological polar surface area (TPSA) is 71.8 Å². The van der Waals surface area contributed by atoms with Crippen molar-refractivity contribution in [3.05, 3.63) is 42.6 Å². The monoisotopic (exact) mass is 285 g/mol. The number of imidazole rings is 1. The van der Waals surface area contributed by atoms with E-state index in [0.29, 0.717) is 6.54 Å². The second kappa shape index (κ2) is 6.49. The maximum Gasteiger partial charge on any atom is 0.224 e. The van der Waals surface area contributed by atoms with Crippen LogP contribution in [0.4, 0.5) is 0 Å². The molecule has 2 N–H and O–H groups in total. The second-order valence-electron chi connectivity index (χ2n) is 5.25. The molecule has 0 radical (unpaired) electrons. The molecule has 21 heavy (non-hydrogen) atoms. The standard InChI is InChI=1S/C15H19N5O/c21-15(13-2-1-4-16-10-13)19-9-12-3-5-18-14(8-12)20-7-6-17-11-20/h3,5-8,11,13,16H,1-2,4,9-10H2,(H,19,21). The zero-order valence-electron chi connectivity index (χ0n) is 11.8. The Labute approximate surface area is 123 Å². The van der Waals surface area contributed by atoms with Crippen LogP contribution in [0.25, 0.3) is 5.82 Å². The Hall–Kier alpha value is -2.21. The van der Waals surface area contributed by atoms with Gasteiger partial charge in [-0.25, -0.2) is 9.97 Å². The zero-order chi connectivity index (χ0) is 14.5. The van der Waals surface area contributed by atoms with E-state index in [2.05, 4.69) is 20.6 Å². The Balaban J connectivity index is 1.60. The first-order chi connectivity index (χ1) is 10.3. The van der Waals surface area contributed by atoms with Crippen molar-refractivity contribution in [3.63, 3.8) is 0 Å². The van der Waals surface area contributed by atoms with Gasteiger partial charge in [-0.1, -0.05) is 0 Å². The summed E-state index contributed by atoms with van der Waals surface area (Å²) in [5.41, 5.74) is 1.03. The fourth-order valence-electron chi connectivity index (χ4n) is 2.52. The first kappa shape index (κ1) is 13.8. The van der Waals surface area contributed by atoms with E-state index in [9.17, 15) is 4.79 Å². The SMILES string of the molecule is O=C(NCc1ccnc(-n2ccnc2)c1)C1CCCNC1. The molecule has 1 aliphatic heterocycles. The van der Waals surface area contributed by atoms with Crippen molar-refractivity contribution in [2.24, 2.45) is 5.92 Å². The molecule has 1 amide bonds. The molecule has 2 aromatic heterocycles. The lowest BCUT2D eigenvalue weighted by Gasteiger charge is -2.21. The number of nitrogens with zero attached hydrogens (tertiary/aromatic N) is 3. The van der Waals surface area contributed by atoms with Crippen molar-refractivity contribution in [1.29, 1.82) is 0 Å². The maximum atomic E-state index is 12.1. The molecule has 3 heterocycles. The molecular weight excluding hydrogens is 266 g/mol. The molecule has 6 heteroatoms. The van der Waals surface area contributed by atoms with Gasteiger partial charge in [0.05, 0.1) is 5.92 Å². The summed E-state index contributed by atoms with van der Waals surface area (Å²) in [6.07, 6.45) is 9.05. The number of aromatic nitrogens is 3. The summed E-state index contributed by atoms with van der Waals surface area (Å²) < 4.78 is 1.84. The van der Waals surface area contributed by atoms with Gasteiger partial charge in [-0.05, 0) is 37.1 Å². The van der Waals surface area contributed by atoms with Crippen LogP contribution in [-0.4, -0.2) is 33.5 Å². The van der Waals surface area contributed by atoms with Gasteiger partial charge in [0, 0.05) is 31.7 Å². The van der Waals surface area contributed by atoms with Crippen LogP contribution < -0.4 is 10.6 Å². The van der Waals surface area contributed by atoms with Crippen LogP contribution in [0.2, 0.25) is 0 Å². The molecule has 1 aliphatic rings. The molecule has 2 aromatic rings. The smallest absolute Gasteiger partial charge is 0.224 e. The molecule has 0 bridgehead atoms. The summed E-state index contributed by atoms with van der Waals surface area (Å²) in [4.78, 5) is 20.4. The Morgan fingerprint density at radius 3 is 3.19 bits per heavy atom. The first-order valence-electron chi connectivity index (χ1n) is 7.24. The normalized spacial score (nSPS) is 18.4. The van der Waals surface area contributed by atoms with Crippen molar-refractivity contribution in [2.45, 2.75) is 19.4 Å². The van der Waals surface area contributed by atoms with Gasteiger partial charge in [0.15, 0.2) is 0 Å². The molecule has 6 nitrogen and oxygen atoms in total. The molecule has 1 saturated heterocycles. The summed E-state index contributed by atoms with van der Waals surface area (Å²) in [5.74, 6) is 1.02. The highest BCUT2D eigenvalue weighted by atomic mass is 16.1. The van der Waals surface area contributed by atoms with E-state index in [-0.39, 0.29) is 11.8 Å². The average molecular weight is 285 g/mol. The summed E-state index contributed by atoms with van der Waals surface area (Å²) >= 11 is 0. The molecule has 3 rings (SSSR count). The van der Waals surface area contributed by atoms with Crippen LogP contribution in [0.15, 0.2) is 37.1 Å². The summed E-state index contributed by atoms with van der Waals surface area (Å²) in [5, 5.41) is 6.27. The number of carbonyl (C=O) groups is 1. The van der Waals surface area contributed by atoms with E-state index >= 15 is 0 Å². The van der Waals surface area contributed by atoms with Crippen molar-refractivity contribution in [2.75, 3.05) is 13.1 Å². The first-order valence-corrected chi connectivity index (χ1v) is 7.24. The number of hydrogen-bond donors (Lipinski definition) is 2. The van der Waals surface area contributed by atoms with Gasteiger partial charge in [-0.15, -0.1) is 0 Å². The van der Waals surface area contributed by atoms with E-state index in [0.717, 1.165) is 37.3 Å². The summed E-state index contributed by atoms with van der Waals surface area (Å²) in [7, 11) is 0. The van der Waals surface area contributed by atoms with Crippen molar-refractivity contribution in [1.82, 2.24) is 25.2 Å². The van der Waals surface area contributed by atoms with Gasteiger partial charge in [-0.3, -0.25) is 9.36 Å². The van der Waals surface area contributed by atoms with Crippen LogP contribution in [0.5, 0.6) is 0 Å². The van der Waals surface area contributed by atoms with Crippen LogP contribution in [0.3, 0.4) is 0 Å². The van der Waals surface area contributed by atoms with Crippen molar-refractivity contribution < 1.29 is 4.79 Å². The number of rotatable bonds is 4. The lowest BCUT2D eigenvalue weighted by Crippen LogP contribution is -2.40. The minimum atomic E-state index is 0.0914. The number of hydrogen-bond acceptors (Lipinski definition) is 4.